The number of halogens is 6. The van der Waals surface area contributed by atoms with Gasteiger partial charge >= 0.3 is 18.7 Å². The van der Waals surface area contributed by atoms with Crippen LogP contribution in [0.15, 0.2) is 120 Å². The molecule has 0 spiro atoms. The van der Waals surface area contributed by atoms with E-state index in [9.17, 15) is 31.1 Å². The lowest BCUT2D eigenvalue weighted by Crippen LogP contribution is -2.41. The number of esters is 1. The molecule has 4 aromatic rings. The van der Waals surface area contributed by atoms with Crippen LogP contribution in [0.1, 0.15) is 36.6 Å². The fourth-order valence-electron chi connectivity index (χ4n) is 5.43. The molecule has 0 fully saturated rings. The zero-order chi connectivity index (χ0) is 32.9. The molecule has 4 aromatic carbocycles. The first kappa shape index (κ1) is 32.3. The lowest BCUT2D eigenvalue weighted by Gasteiger charge is -2.46. The monoisotopic (exact) mass is 642 g/mol. The zero-order valence-corrected chi connectivity index (χ0v) is 24.3. The Balaban J connectivity index is 1.67. The maximum absolute atomic E-state index is 13.8. The van der Waals surface area contributed by atoms with Crippen molar-refractivity contribution in [2.75, 3.05) is 16.8 Å². The number of nitrogens with zero attached hydrogens (tertiary/aromatic N) is 1. The van der Waals surface area contributed by atoms with Gasteiger partial charge in [-0.05, 0) is 66.6 Å². The molecule has 0 radical (unpaired) electrons. The number of alkyl halides is 6. The van der Waals surface area contributed by atoms with Crippen LogP contribution in [0.4, 0.5) is 37.7 Å². The smallest absolute Gasteiger partial charge is 0.463 e. The van der Waals surface area contributed by atoms with Crippen molar-refractivity contribution in [3.8, 4) is 11.5 Å². The summed E-state index contributed by atoms with van der Waals surface area (Å²) in [6, 6.07) is 27.7. The molecular formula is C34H28F6N2O4. The summed E-state index contributed by atoms with van der Waals surface area (Å²) in [4.78, 5) is 15.7. The van der Waals surface area contributed by atoms with Gasteiger partial charge < -0.3 is 24.4 Å². The number of benzene rings is 4. The molecule has 1 heterocycles. The van der Waals surface area contributed by atoms with Crippen molar-refractivity contribution >= 4 is 17.3 Å². The average molecular weight is 643 g/mol. The lowest BCUT2D eigenvalue weighted by molar-refractivity contribution is -0.275. The van der Waals surface area contributed by atoms with Crippen molar-refractivity contribution in [2.24, 2.45) is 0 Å². The lowest BCUT2D eigenvalue weighted by atomic mass is 9.84. The summed E-state index contributed by atoms with van der Waals surface area (Å²) in [7, 11) is 0. The molecule has 0 amide bonds. The van der Waals surface area contributed by atoms with Crippen LogP contribution < -0.4 is 19.7 Å². The normalized spacial score (nSPS) is 17.0. The van der Waals surface area contributed by atoms with E-state index >= 15 is 0 Å². The van der Waals surface area contributed by atoms with Gasteiger partial charge in [0, 0.05) is 23.5 Å². The SMILES string of the molecule is CCOC(=O)C1=C(Nc2ccc(OC(F)(F)F)cc2)C[C@@H](c2ccccc2)N(c2ccc(OC(F)(F)F)cc2)[C@@H]1c1ccccc1. The molecule has 0 aliphatic carbocycles. The predicted octanol–water partition coefficient (Wildman–Crippen LogP) is 9.11. The third-order valence-corrected chi connectivity index (χ3v) is 7.16. The van der Waals surface area contributed by atoms with Gasteiger partial charge in [-0.15, -0.1) is 26.3 Å². The van der Waals surface area contributed by atoms with E-state index in [1.807, 2.05) is 53.4 Å². The van der Waals surface area contributed by atoms with Gasteiger partial charge in [-0.3, -0.25) is 0 Å². The van der Waals surface area contributed by atoms with Crippen LogP contribution in [0.25, 0.3) is 0 Å². The Hall–Kier alpha value is -5.13. The van der Waals surface area contributed by atoms with Gasteiger partial charge in [-0.1, -0.05) is 60.7 Å². The molecule has 240 valence electrons. The second-order valence-electron chi connectivity index (χ2n) is 10.2. The Morgan fingerprint density at radius 2 is 1.24 bits per heavy atom. The molecule has 0 unspecified atom stereocenters. The van der Waals surface area contributed by atoms with Crippen LogP contribution >= 0.6 is 0 Å². The average Bonchev–Trinajstić information content (AvgIpc) is 3.01. The van der Waals surface area contributed by atoms with Gasteiger partial charge in [0.25, 0.3) is 0 Å². The highest BCUT2D eigenvalue weighted by atomic mass is 19.4. The Morgan fingerprint density at radius 1 is 0.739 bits per heavy atom. The van der Waals surface area contributed by atoms with E-state index in [0.717, 1.165) is 17.7 Å². The summed E-state index contributed by atoms with van der Waals surface area (Å²) in [6.07, 6.45) is -9.53. The molecule has 1 N–H and O–H groups in total. The van der Waals surface area contributed by atoms with Crippen LogP contribution in [0, 0.1) is 0 Å². The summed E-state index contributed by atoms with van der Waals surface area (Å²) in [6.45, 7) is 1.72. The van der Waals surface area contributed by atoms with Crippen molar-refractivity contribution in [3.05, 3.63) is 132 Å². The van der Waals surface area contributed by atoms with Gasteiger partial charge in [0.2, 0.25) is 0 Å². The van der Waals surface area contributed by atoms with E-state index in [2.05, 4.69) is 14.8 Å². The van der Waals surface area contributed by atoms with Gasteiger partial charge in [0.15, 0.2) is 0 Å². The zero-order valence-electron chi connectivity index (χ0n) is 24.3. The Kier molecular flexibility index (Phi) is 9.45. The summed E-state index contributed by atoms with van der Waals surface area (Å²) >= 11 is 0. The standard InChI is InChI=1S/C34H28F6N2O4/c1-2-44-32(43)30-28(41-24-13-17-26(18-14-24)45-33(35,36)37)21-29(22-9-5-3-6-10-22)42(31(30)23-11-7-4-8-12-23)25-15-19-27(20-16-25)46-34(38,39)40/h3-20,29,31,41H,2,21H2,1H3/t29-,31+/m0/s1. The van der Waals surface area contributed by atoms with Crippen molar-refractivity contribution in [1.82, 2.24) is 0 Å². The molecule has 1 aliphatic heterocycles. The maximum Gasteiger partial charge on any atom is 0.573 e. The van der Waals surface area contributed by atoms with Crippen LogP contribution in [0.2, 0.25) is 0 Å². The molecule has 1 aliphatic rings. The number of anilines is 2. The fourth-order valence-corrected chi connectivity index (χ4v) is 5.43. The van der Waals surface area contributed by atoms with Crippen molar-refractivity contribution in [3.63, 3.8) is 0 Å². The molecule has 0 saturated carbocycles. The molecule has 12 heteroatoms. The van der Waals surface area contributed by atoms with Crippen LogP contribution in [-0.2, 0) is 9.53 Å². The number of nitrogens with one attached hydrogen (secondary N) is 1. The molecule has 2 atom stereocenters. The molecule has 6 nitrogen and oxygen atoms in total. The quantitative estimate of drug-likeness (QED) is 0.145. The minimum Gasteiger partial charge on any atom is -0.463 e. The molecule has 0 aromatic heterocycles. The first-order valence-corrected chi connectivity index (χ1v) is 14.2. The number of rotatable bonds is 9. The number of hydrogen-bond donors (Lipinski definition) is 1. The Labute approximate surface area is 260 Å². The maximum atomic E-state index is 13.8. The molecule has 46 heavy (non-hydrogen) atoms. The minimum absolute atomic E-state index is 0.0617. The fraction of sp³-hybridized carbons (Fsp3) is 0.206. The number of carbonyl (C=O) groups excluding carboxylic acids is 1. The van der Waals surface area contributed by atoms with Gasteiger partial charge in [0.1, 0.15) is 11.5 Å². The highest BCUT2D eigenvalue weighted by Gasteiger charge is 2.42. The molecular weight excluding hydrogens is 614 g/mol. The number of ether oxygens (including phenoxy) is 3. The summed E-state index contributed by atoms with van der Waals surface area (Å²) < 4.78 is 90.7. The second kappa shape index (κ2) is 13.5. The van der Waals surface area contributed by atoms with Crippen molar-refractivity contribution in [2.45, 2.75) is 38.2 Å². The van der Waals surface area contributed by atoms with Crippen molar-refractivity contribution in [1.29, 1.82) is 0 Å². The molecule has 0 saturated heterocycles. The van der Waals surface area contributed by atoms with E-state index in [1.54, 1.807) is 19.1 Å². The van der Waals surface area contributed by atoms with Gasteiger partial charge in [0.05, 0.1) is 24.3 Å². The van der Waals surface area contributed by atoms with E-state index < -0.39 is 42.3 Å². The van der Waals surface area contributed by atoms with E-state index in [0.29, 0.717) is 22.6 Å². The van der Waals surface area contributed by atoms with Crippen LogP contribution in [0.5, 0.6) is 11.5 Å². The molecule has 0 bridgehead atoms. The summed E-state index contributed by atoms with van der Waals surface area (Å²) in [5.74, 6) is -1.44. The third-order valence-electron chi connectivity index (χ3n) is 7.16. The first-order chi connectivity index (χ1) is 21.9. The van der Waals surface area contributed by atoms with Gasteiger partial charge in [-0.25, -0.2) is 4.79 Å². The van der Waals surface area contributed by atoms with Crippen LogP contribution in [0.3, 0.4) is 0 Å². The van der Waals surface area contributed by atoms with Gasteiger partial charge in [-0.2, -0.15) is 0 Å². The Bertz CT molecular complexity index is 1640. The van der Waals surface area contributed by atoms with E-state index in [4.69, 9.17) is 4.74 Å². The third kappa shape index (κ3) is 7.92. The highest BCUT2D eigenvalue weighted by molar-refractivity contribution is 5.93. The number of carbonyl (C=O) groups is 1. The van der Waals surface area contributed by atoms with Crippen molar-refractivity contribution < 1.29 is 45.3 Å². The predicted molar refractivity (Wildman–Crippen MR) is 159 cm³/mol. The number of hydrogen-bond acceptors (Lipinski definition) is 6. The summed E-state index contributed by atoms with van der Waals surface area (Å²) in [5.41, 5.74) is 3.12. The highest BCUT2D eigenvalue weighted by Crippen LogP contribution is 2.48. The Morgan fingerprint density at radius 3 is 1.74 bits per heavy atom. The van der Waals surface area contributed by atoms with Crippen LogP contribution in [-0.4, -0.2) is 25.3 Å². The minimum atomic E-state index is -4.87. The summed E-state index contributed by atoms with van der Waals surface area (Å²) in [5, 5.41) is 3.24. The van der Waals surface area contributed by atoms with E-state index in [1.165, 1.54) is 36.4 Å². The largest absolute Gasteiger partial charge is 0.573 e. The molecule has 5 rings (SSSR count). The first-order valence-electron chi connectivity index (χ1n) is 14.2. The topological polar surface area (TPSA) is 60.0 Å². The van der Waals surface area contributed by atoms with E-state index in [-0.39, 0.29) is 18.6 Å². The second-order valence-corrected chi connectivity index (χ2v) is 10.2.